The van der Waals surface area contributed by atoms with Gasteiger partial charge in [-0.3, -0.25) is 0 Å². The van der Waals surface area contributed by atoms with E-state index in [0.717, 1.165) is 13.7 Å². The molecule has 0 atom stereocenters. The minimum Gasteiger partial charge on any atom is -0.450 e. The highest BCUT2D eigenvalue weighted by molar-refractivity contribution is 7.94. The first-order chi connectivity index (χ1) is 5.54. The molecule has 0 aromatic heterocycles. The van der Waals surface area contributed by atoms with Crippen molar-refractivity contribution in [2.75, 3.05) is 6.26 Å². The Labute approximate surface area is 73.0 Å². The number of sulfone groups is 1. The summed E-state index contributed by atoms with van der Waals surface area (Å²) in [5.74, 6) is 0. The van der Waals surface area contributed by atoms with Crippen LogP contribution in [0.2, 0.25) is 0 Å². The van der Waals surface area contributed by atoms with Gasteiger partial charge >= 0.3 is 7.48 Å². The third kappa shape index (κ3) is 2.22. The molecule has 12 heavy (non-hydrogen) atoms. The Balaban J connectivity index is 2.96. The van der Waals surface area contributed by atoms with E-state index in [9.17, 15) is 8.42 Å². The molecule has 0 amide bonds. The van der Waals surface area contributed by atoms with Crippen molar-refractivity contribution in [3.63, 3.8) is 0 Å². The summed E-state index contributed by atoms with van der Waals surface area (Å²) in [6.45, 7) is 0. The molecule has 3 nitrogen and oxygen atoms in total. The van der Waals surface area contributed by atoms with Gasteiger partial charge in [0, 0.05) is 6.26 Å². The smallest absolute Gasteiger partial charge is 0.322 e. The van der Waals surface area contributed by atoms with Gasteiger partial charge in [0.05, 0.1) is 4.91 Å². The predicted octanol–water partition coefficient (Wildman–Crippen LogP) is 0.204. The highest BCUT2D eigenvalue weighted by Crippen LogP contribution is 2.19. The minimum absolute atomic E-state index is 0.300. The molecule has 0 bridgehead atoms. The molecule has 1 radical (unpaired) electrons. The van der Waals surface area contributed by atoms with Gasteiger partial charge in [-0.1, -0.05) is 17.6 Å². The predicted molar refractivity (Wildman–Crippen MR) is 48.2 cm³/mol. The highest BCUT2D eigenvalue weighted by atomic mass is 32.2. The molecular weight excluding hydrogens is 175 g/mol. The minimum atomic E-state index is -3.12. The maximum Gasteiger partial charge on any atom is 0.322 e. The van der Waals surface area contributed by atoms with Crippen molar-refractivity contribution in [1.29, 1.82) is 0 Å². The van der Waals surface area contributed by atoms with Crippen molar-refractivity contribution < 1.29 is 13.4 Å². The van der Waals surface area contributed by atoms with Crippen LogP contribution in [-0.2, 0) is 9.84 Å². The van der Waals surface area contributed by atoms with Crippen LogP contribution in [0.4, 0.5) is 0 Å². The van der Waals surface area contributed by atoms with Crippen LogP contribution in [0.15, 0.2) is 22.5 Å². The van der Waals surface area contributed by atoms with Crippen molar-refractivity contribution in [2.24, 2.45) is 0 Å². The van der Waals surface area contributed by atoms with Crippen molar-refractivity contribution >= 4 is 17.3 Å². The van der Waals surface area contributed by atoms with E-state index in [4.69, 9.17) is 5.02 Å². The zero-order valence-corrected chi connectivity index (χ0v) is 7.63. The first-order valence-electron chi connectivity index (χ1n) is 3.62. The maximum absolute atomic E-state index is 11.0. The molecule has 1 aliphatic carbocycles. The van der Waals surface area contributed by atoms with Gasteiger partial charge in [0.15, 0.2) is 9.84 Å². The Morgan fingerprint density at radius 2 is 2.25 bits per heavy atom. The second-order valence-electron chi connectivity index (χ2n) is 2.77. The zero-order chi connectivity index (χ0) is 9.19. The summed E-state index contributed by atoms with van der Waals surface area (Å²) in [5.41, 5.74) is 0.665. The quantitative estimate of drug-likeness (QED) is 0.625. The summed E-state index contributed by atoms with van der Waals surface area (Å²) in [6.07, 6.45) is 5.71. The summed E-state index contributed by atoms with van der Waals surface area (Å²) in [4.78, 5) is 0.300. The normalized spacial score (nSPS) is 18.2. The molecule has 1 rings (SSSR count). The second-order valence-corrected chi connectivity index (χ2v) is 4.78. The zero-order valence-electron chi connectivity index (χ0n) is 6.82. The number of rotatable bonds is 2. The summed E-state index contributed by atoms with van der Waals surface area (Å²) >= 11 is 0. The number of allylic oxidation sites excluding steroid dienone is 3. The molecule has 0 aromatic rings. The van der Waals surface area contributed by atoms with E-state index in [-0.39, 0.29) is 0 Å². The molecule has 0 heterocycles. The fourth-order valence-electron chi connectivity index (χ4n) is 1.06. The van der Waals surface area contributed by atoms with Crippen LogP contribution >= 0.6 is 0 Å². The summed E-state index contributed by atoms with van der Waals surface area (Å²) in [5, 5.41) is 8.66. The van der Waals surface area contributed by atoms with Gasteiger partial charge in [-0.05, 0) is 12.8 Å². The van der Waals surface area contributed by atoms with Gasteiger partial charge in [0.25, 0.3) is 0 Å². The Bertz CT molecular complexity index is 327. The van der Waals surface area contributed by atoms with Gasteiger partial charge in [0.1, 0.15) is 0 Å². The Hall–Kier alpha value is -0.545. The fraction of sp³-hybridized carbons (Fsp3) is 0.429. The van der Waals surface area contributed by atoms with Gasteiger partial charge in [-0.25, -0.2) is 8.42 Å². The van der Waals surface area contributed by atoms with E-state index >= 15 is 0 Å². The van der Waals surface area contributed by atoms with Crippen LogP contribution in [0.25, 0.3) is 0 Å². The lowest BCUT2D eigenvalue weighted by Crippen LogP contribution is -2.06. The van der Waals surface area contributed by atoms with Crippen LogP contribution in [0.3, 0.4) is 0 Å². The van der Waals surface area contributed by atoms with Crippen LogP contribution in [0.5, 0.6) is 0 Å². The monoisotopic (exact) mass is 185 g/mol. The van der Waals surface area contributed by atoms with E-state index in [1.54, 1.807) is 6.08 Å². The average Bonchev–Trinajstić information content (AvgIpc) is 2.03. The SMILES string of the molecule is CS(=O)(=O)C1=CCCC([B]O)=C1. The Kier molecular flexibility index (Phi) is 2.74. The second kappa shape index (κ2) is 3.45. The summed E-state index contributed by atoms with van der Waals surface area (Å²) in [7, 11) is -2.16. The molecular formula is C7H10BO3S. The highest BCUT2D eigenvalue weighted by Gasteiger charge is 2.13. The largest absolute Gasteiger partial charge is 0.450 e. The van der Waals surface area contributed by atoms with E-state index < -0.39 is 9.84 Å². The van der Waals surface area contributed by atoms with Gasteiger partial charge < -0.3 is 5.02 Å². The molecule has 0 fully saturated rings. The molecule has 0 saturated heterocycles. The number of hydrogen-bond donors (Lipinski definition) is 1. The number of hydrogen-bond acceptors (Lipinski definition) is 3. The molecule has 0 unspecified atom stereocenters. The molecule has 1 aliphatic rings. The molecule has 0 aliphatic heterocycles. The standard InChI is InChI=1S/C7H10BO3S/c1-12(10,11)7-4-2-3-6(5-7)8-9/h4-5,9H,2-3H2,1H3. The summed E-state index contributed by atoms with van der Waals surface area (Å²) in [6, 6.07) is 0. The molecule has 1 N–H and O–H groups in total. The molecule has 0 saturated carbocycles. The van der Waals surface area contributed by atoms with Crippen molar-refractivity contribution in [3.05, 3.63) is 22.5 Å². The van der Waals surface area contributed by atoms with E-state index in [1.807, 2.05) is 0 Å². The average molecular weight is 185 g/mol. The Morgan fingerprint density at radius 3 is 2.75 bits per heavy atom. The van der Waals surface area contributed by atoms with Crippen LogP contribution in [0, 0.1) is 0 Å². The fourth-order valence-corrected chi connectivity index (χ4v) is 1.84. The lowest BCUT2D eigenvalue weighted by molar-refractivity contribution is 0.606. The van der Waals surface area contributed by atoms with Gasteiger partial charge in [-0.15, -0.1) is 0 Å². The van der Waals surface area contributed by atoms with E-state index in [2.05, 4.69) is 0 Å². The first kappa shape index (κ1) is 9.54. The third-order valence-electron chi connectivity index (χ3n) is 1.70. The van der Waals surface area contributed by atoms with Gasteiger partial charge in [0.2, 0.25) is 0 Å². The van der Waals surface area contributed by atoms with Crippen LogP contribution in [0.1, 0.15) is 12.8 Å². The Morgan fingerprint density at radius 1 is 1.58 bits per heavy atom. The topological polar surface area (TPSA) is 54.4 Å². The third-order valence-corrected chi connectivity index (χ3v) is 2.84. The summed E-state index contributed by atoms with van der Waals surface area (Å²) < 4.78 is 22.1. The molecule has 0 aromatic carbocycles. The van der Waals surface area contributed by atoms with Crippen molar-refractivity contribution in [1.82, 2.24) is 0 Å². The van der Waals surface area contributed by atoms with Crippen LogP contribution < -0.4 is 0 Å². The molecule has 65 valence electrons. The van der Waals surface area contributed by atoms with Crippen molar-refractivity contribution in [2.45, 2.75) is 12.8 Å². The first-order valence-corrected chi connectivity index (χ1v) is 5.51. The lowest BCUT2D eigenvalue weighted by atomic mass is 9.82. The van der Waals surface area contributed by atoms with E-state index in [0.29, 0.717) is 23.2 Å². The van der Waals surface area contributed by atoms with Crippen molar-refractivity contribution in [3.8, 4) is 0 Å². The maximum atomic E-state index is 11.0. The molecule has 0 spiro atoms. The van der Waals surface area contributed by atoms with Gasteiger partial charge in [-0.2, -0.15) is 0 Å². The van der Waals surface area contributed by atoms with E-state index in [1.165, 1.54) is 6.08 Å². The molecule has 5 heteroatoms. The van der Waals surface area contributed by atoms with Crippen LogP contribution in [-0.4, -0.2) is 27.2 Å². The lowest BCUT2D eigenvalue weighted by Gasteiger charge is -2.09.